The number of aliphatic hydroxyl groups is 1. The highest BCUT2D eigenvalue weighted by atomic mass is 16.5. The molecule has 0 bridgehead atoms. The highest BCUT2D eigenvalue weighted by Gasteiger charge is 2.19. The molecule has 5 heteroatoms. The highest BCUT2D eigenvalue weighted by molar-refractivity contribution is 6.02. The van der Waals surface area contributed by atoms with Crippen LogP contribution in [0.4, 0.5) is 5.82 Å². The van der Waals surface area contributed by atoms with E-state index in [0.29, 0.717) is 24.5 Å². The number of pyridine rings is 1. The van der Waals surface area contributed by atoms with Gasteiger partial charge in [-0.25, -0.2) is 9.78 Å². The third kappa shape index (κ3) is 3.31. The predicted octanol–water partition coefficient (Wildman–Crippen LogP) is 2.51. The Kier molecular flexibility index (Phi) is 4.75. The molecule has 1 aromatic carbocycles. The van der Waals surface area contributed by atoms with E-state index in [1.165, 1.54) is 0 Å². The molecule has 1 atom stereocenters. The van der Waals surface area contributed by atoms with Crippen molar-refractivity contribution >= 4 is 22.7 Å². The molecule has 2 rings (SSSR count). The fraction of sp³-hybridized carbons (Fsp3) is 0.375. The SMILES string of the molecule is CCOC(=O)c1c(NCC(C)O)nc2ccccc2c1C. The molecule has 2 N–H and O–H groups in total. The average Bonchev–Trinajstić information content (AvgIpc) is 2.45. The number of esters is 1. The number of aliphatic hydroxyl groups excluding tert-OH is 1. The van der Waals surface area contributed by atoms with Crippen LogP contribution in [0.2, 0.25) is 0 Å². The van der Waals surface area contributed by atoms with Gasteiger partial charge < -0.3 is 15.2 Å². The maximum Gasteiger partial charge on any atom is 0.342 e. The Labute approximate surface area is 124 Å². The summed E-state index contributed by atoms with van der Waals surface area (Å²) in [5, 5.41) is 13.4. The van der Waals surface area contributed by atoms with E-state index >= 15 is 0 Å². The molecule has 0 fully saturated rings. The van der Waals surface area contributed by atoms with Gasteiger partial charge in [0.25, 0.3) is 0 Å². The number of nitrogens with one attached hydrogen (secondary N) is 1. The van der Waals surface area contributed by atoms with Gasteiger partial charge in [0.05, 0.1) is 18.2 Å². The van der Waals surface area contributed by atoms with E-state index in [1.54, 1.807) is 13.8 Å². The van der Waals surface area contributed by atoms with Crippen molar-refractivity contribution in [2.24, 2.45) is 0 Å². The van der Waals surface area contributed by atoms with Crippen LogP contribution >= 0.6 is 0 Å². The third-order valence-electron chi connectivity index (χ3n) is 3.20. The highest BCUT2D eigenvalue weighted by Crippen LogP contribution is 2.26. The molecule has 0 amide bonds. The maximum absolute atomic E-state index is 12.2. The summed E-state index contributed by atoms with van der Waals surface area (Å²) >= 11 is 0. The number of anilines is 1. The van der Waals surface area contributed by atoms with Crippen molar-refractivity contribution in [3.8, 4) is 0 Å². The number of hydrogen-bond donors (Lipinski definition) is 2. The first-order chi connectivity index (χ1) is 10.0. The zero-order valence-electron chi connectivity index (χ0n) is 12.5. The Hall–Kier alpha value is -2.14. The molecule has 0 spiro atoms. The molecule has 0 aliphatic carbocycles. The zero-order chi connectivity index (χ0) is 15.4. The summed E-state index contributed by atoms with van der Waals surface area (Å²) in [5.74, 6) is 0.0481. The molecule has 1 heterocycles. The molecular weight excluding hydrogens is 268 g/mol. The van der Waals surface area contributed by atoms with E-state index < -0.39 is 12.1 Å². The lowest BCUT2D eigenvalue weighted by atomic mass is 10.0. The van der Waals surface area contributed by atoms with Crippen molar-refractivity contribution in [2.75, 3.05) is 18.5 Å². The quantitative estimate of drug-likeness (QED) is 0.827. The molecule has 112 valence electrons. The molecule has 0 saturated carbocycles. The number of ether oxygens (including phenoxy) is 1. The molecule has 5 nitrogen and oxygen atoms in total. The van der Waals surface area contributed by atoms with Gasteiger partial charge in [-0.1, -0.05) is 18.2 Å². The number of carbonyl (C=O) groups is 1. The second-order valence-corrected chi connectivity index (χ2v) is 4.93. The lowest BCUT2D eigenvalue weighted by molar-refractivity contribution is 0.0526. The van der Waals surface area contributed by atoms with Gasteiger partial charge in [0.2, 0.25) is 0 Å². The van der Waals surface area contributed by atoms with Gasteiger partial charge in [-0.2, -0.15) is 0 Å². The van der Waals surface area contributed by atoms with Crippen LogP contribution in [0.3, 0.4) is 0 Å². The number of carbonyl (C=O) groups excluding carboxylic acids is 1. The number of para-hydroxylation sites is 1. The average molecular weight is 288 g/mol. The topological polar surface area (TPSA) is 71.5 Å². The van der Waals surface area contributed by atoms with Gasteiger partial charge in [0.15, 0.2) is 0 Å². The van der Waals surface area contributed by atoms with Crippen LogP contribution in [-0.2, 0) is 4.74 Å². The van der Waals surface area contributed by atoms with Gasteiger partial charge in [-0.05, 0) is 32.4 Å². The normalized spacial score (nSPS) is 12.2. The lowest BCUT2D eigenvalue weighted by Gasteiger charge is -2.15. The Balaban J connectivity index is 2.56. The molecule has 0 aliphatic heterocycles. The summed E-state index contributed by atoms with van der Waals surface area (Å²) in [6.45, 7) is 5.94. The van der Waals surface area contributed by atoms with E-state index in [1.807, 2.05) is 31.2 Å². The second kappa shape index (κ2) is 6.54. The molecule has 1 aromatic heterocycles. The Morgan fingerprint density at radius 1 is 1.43 bits per heavy atom. The van der Waals surface area contributed by atoms with E-state index in [2.05, 4.69) is 10.3 Å². The number of hydrogen-bond acceptors (Lipinski definition) is 5. The Morgan fingerprint density at radius 2 is 2.14 bits per heavy atom. The standard InChI is InChI=1S/C16H20N2O3/c1-4-21-16(20)14-11(3)12-7-5-6-8-13(12)18-15(14)17-9-10(2)19/h5-8,10,19H,4,9H2,1-3H3,(H,17,18). The molecule has 0 saturated heterocycles. The molecule has 1 unspecified atom stereocenters. The van der Waals surface area contributed by atoms with Gasteiger partial charge in [-0.15, -0.1) is 0 Å². The van der Waals surface area contributed by atoms with Crippen LogP contribution in [0.1, 0.15) is 29.8 Å². The van der Waals surface area contributed by atoms with Gasteiger partial charge >= 0.3 is 5.97 Å². The Bertz CT molecular complexity index is 653. The first-order valence-corrected chi connectivity index (χ1v) is 7.03. The van der Waals surface area contributed by atoms with E-state index in [9.17, 15) is 9.90 Å². The molecule has 21 heavy (non-hydrogen) atoms. The van der Waals surface area contributed by atoms with E-state index in [-0.39, 0.29) is 0 Å². The van der Waals surface area contributed by atoms with E-state index in [0.717, 1.165) is 16.5 Å². The summed E-state index contributed by atoms with van der Waals surface area (Å²) in [4.78, 5) is 16.7. The summed E-state index contributed by atoms with van der Waals surface area (Å²) in [5.41, 5.74) is 2.06. The minimum absolute atomic E-state index is 0.306. The molecular formula is C16H20N2O3. The van der Waals surface area contributed by atoms with Crippen molar-refractivity contribution in [1.29, 1.82) is 0 Å². The minimum Gasteiger partial charge on any atom is -0.462 e. The minimum atomic E-state index is -0.534. The summed E-state index contributed by atoms with van der Waals surface area (Å²) in [6, 6.07) is 7.63. The maximum atomic E-state index is 12.2. The van der Waals surface area contributed by atoms with Gasteiger partial charge in [-0.3, -0.25) is 0 Å². The lowest BCUT2D eigenvalue weighted by Crippen LogP contribution is -2.19. The Morgan fingerprint density at radius 3 is 2.81 bits per heavy atom. The predicted molar refractivity (Wildman–Crippen MR) is 82.6 cm³/mol. The first-order valence-electron chi connectivity index (χ1n) is 7.03. The first kappa shape index (κ1) is 15.3. The molecule has 2 aromatic rings. The summed E-state index contributed by atoms with van der Waals surface area (Å²) < 4.78 is 5.12. The smallest absolute Gasteiger partial charge is 0.342 e. The van der Waals surface area contributed by atoms with Crippen LogP contribution in [0.5, 0.6) is 0 Å². The van der Waals surface area contributed by atoms with Gasteiger partial charge in [0, 0.05) is 11.9 Å². The fourth-order valence-electron chi connectivity index (χ4n) is 2.20. The fourth-order valence-corrected chi connectivity index (χ4v) is 2.20. The second-order valence-electron chi connectivity index (χ2n) is 4.93. The monoisotopic (exact) mass is 288 g/mol. The largest absolute Gasteiger partial charge is 0.462 e. The van der Waals surface area contributed by atoms with Crippen LogP contribution in [-0.4, -0.2) is 35.3 Å². The van der Waals surface area contributed by atoms with Crippen LogP contribution < -0.4 is 5.32 Å². The van der Waals surface area contributed by atoms with E-state index in [4.69, 9.17) is 4.74 Å². The summed E-state index contributed by atoms with van der Waals surface area (Å²) in [6.07, 6.45) is -0.534. The number of aryl methyl sites for hydroxylation is 1. The molecule has 0 radical (unpaired) electrons. The van der Waals surface area contributed by atoms with Gasteiger partial charge in [0.1, 0.15) is 11.4 Å². The number of benzene rings is 1. The summed E-state index contributed by atoms with van der Waals surface area (Å²) in [7, 11) is 0. The van der Waals surface area contributed by atoms with Crippen molar-refractivity contribution in [3.05, 3.63) is 35.4 Å². The van der Waals surface area contributed by atoms with Crippen LogP contribution in [0, 0.1) is 6.92 Å². The molecule has 0 aliphatic rings. The zero-order valence-corrected chi connectivity index (χ0v) is 12.5. The van der Waals surface area contributed by atoms with Crippen molar-refractivity contribution in [3.63, 3.8) is 0 Å². The number of aromatic nitrogens is 1. The van der Waals surface area contributed by atoms with Crippen molar-refractivity contribution in [1.82, 2.24) is 4.98 Å². The van der Waals surface area contributed by atoms with Crippen molar-refractivity contribution in [2.45, 2.75) is 26.9 Å². The van der Waals surface area contributed by atoms with Crippen LogP contribution in [0.25, 0.3) is 10.9 Å². The third-order valence-corrected chi connectivity index (χ3v) is 3.20. The number of fused-ring (bicyclic) bond motifs is 1. The van der Waals surface area contributed by atoms with Crippen LogP contribution in [0.15, 0.2) is 24.3 Å². The number of rotatable bonds is 5. The van der Waals surface area contributed by atoms with Crippen molar-refractivity contribution < 1.29 is 14.6 Å². The number of nitrogens with zero attached hydrogens (tertiary/aromatic N) is 1.